The van der Waals surface area contributed by atoms with Gasteiger partial charge in [-0.15, -0.1) is 11.3 Å². The normalized spacial score (nSPS) is 11.5. The highest BCUT2D eigenvalue weighted by molar-refractivity contribution is 7.13. The van der Waals surface area contributed by atoms with Crippen molar-refractivity contribution in [1.29, 1.82) is 0 Å². The minimum Gasteiger partial charge on any atom is -0.462 e. The minimum absolute atomic E-state index is 0.00291. The molecule has 1 amide bonds. The summed E-state index contributed by atoms with van der Waals surface area (Å²) in [5, 5.41) is 5.71. The second-order valence-corrected chi connectivity index (χ2v) is 5.94. The van der Waals surface area contributed by atoms with E-state index in [9.17, 15) is 4.79 Å². The van der Waals surface area contributed by atoms with Crippen LogP contribution in [0.4, 0.5) is 0 Å². The molecule has 2 rings (SSSR count). The lowest BCUT2D eigenvalue weighted by Crippen LogP contribution is -2.43. The van der Waals surface area contributed by atoms with Gasteiger partial charge in [0.25, 0.3) is 0 Å². The Balaban J connectivity index is 1.99. The van der Waals surface area contributed by atoms with Gasteiger partial charge in [-0.25, -0.2) is 4.98 Å². The van der Waals surface area contributed by atoms with Gasteiger partial charge in [0.15, 0.2) is 10.8 Å². The van der Waals surface area contributed by atoms with Crippen molar-refractivity contribution in [2.24, 2.45) is 0 Å². The zero-order chi connectivity index (χ0) is 13.9. The van der Waals surface area contributed by atoms with Crippen molar-refractivity contribution in [1.82, 2.24) is 10.3 Å². The minimum atomic E-state index is -0.170. The van der Waals surface area contributed by atoms with Crippen LogP contribution in [0.3, 0.4) is 0 Å². The number of amides is 1. The van der Waals surface area contributed by atoms with Crippen LogP contribution in [0.25, 0.3) is 10.8 Å². The molecule has 0 fully saturated rings. The highest BCUT2D eigenvalue weighted by atomic mass is 32.1. The van der Waals surface area contributed by atoms with E-state index in [0.717, 1.165) is 22.9 Å². The Kier molecular flexibility index (Phi) is 4.04. The first-order valence-electron chi connectivity index (χ1n) is 6.29. The third-order valence-electron chi connectivity index (χ3n) is 2.99. The second kappa shape index (κ2) is 5.57. The van der Waals surface area contributed by atoms with Gasteiger partial charge >= 0.3 is 0 Å². The molecular weight excluding hydrogens is 260 g/mol. The maximum atomic E-state index is 11.9. The maximum Gasteiger partial charge on any atom is 0.226 e. The molecule has 19 heavy (non-hydrogen) atoms. The predicted molar refractivity (Wildman–Crippen MR) is 76.0 cm³/mol. The molecule has 0 unspecified atom stereocenters. The topological polar surface area (TPSA) is 55.1 Å². The van der Waals surface area contributed by atoms with Crippen LogP contribution in [-0.4, -0.2) is 16.4 Å². The Morgan fingerprint density at radius 1 is 1.53 bits per heavy atom. The zero-order valence-electron chi connectivity index (χ0n) is 11.4. The van der Waals surface area contributed by atoms with E-state index in [0.29, 0.717) is 6.42 Å². The average Bonchev–Trinajstić information content (AvgIpc) is 2.97. The molecule has 2 heterocycles. The van der Waals surface area contributed by atoms with Gasteiger partial charge < -0.3 is 9.73 Å². The number of hydrogen-bond acceptors (Lipinski definition) is 4. The van der Waals surface area contributed by atoms with Gasteiger partial charge in [-0.3, -0.25) is 4.79 Å². The van der Waals surface area contributed by atoms with Crippen LogP contribution in [0, 0.1) is 0 Å². The number of aromatic nitrogens is 1. The number of thiazole rings is 1. The second-order valence-electron chi connectivity index (χ2n) is 5.08. The third kappa shape index (κ3) is 3.67. The lowest BCUT2D eigenvalue weighted by Gasteiger charge is -2.24. The summed E-state index contributed by atoms with van der Waals surface area (Å²) in [6.45, 7) is 6.08. The first-order valence-corrected chi connectivity index (χ1v) is 7.17. The van der Waals surface area contributed by atoms with Gasteiger partial charge in [-0.2, -0.15) is 0 Å². The van der Waals surface area contributed by atoms with Crippen LogP contribution in [0.5, 0.6) is 0 Å². The summed E-state index contributed by atoms with van der Waals surface area (Å²) in [5.74, 6) is 0.744. The lowest BCUT2D eigenvalue weighted by atomic mass is 10.0. The predicted octanol–water partition coefficient (Wildman–Crippen LogP) is 3.25. The molecule has 0 saturated heterocycles. The van der Waals surface area contributed by atoms with E-state index >= 15 is 0 Å². The van der Waals surface area contributed by atoms with E-state index < -0.39 is 0 Å². The number of carbonyl (C=O) groups is 1. The summed E-state index contributed by atoms with van der Waals surface area (Å²) >= 11 is 1.49. The van der Waals surface area contributed by atoms with E-state index in [2.05, 4.69) is 17.2 Å². The first-order chi connectivity index (χ1) is 9.00. The van der Waals surface area contributed by atoms with Gasteiger partial charge in [0.1, 0.15) is 0 Å². The van der Waals surface area contributed by atoms with Crippen molar-refractivity contribution in [2.45, 2.75) is 39.2 Å². The standard InChI is InChI=1S/C14H18N2O2S/c1-4-14(2,3)16-12(17)8-10-9-19-13(15-10)11-6-5-7-18-11/h5-7,9H,4,8H2,1-3H3,(H,16,17). The molecule has 2 aromatic heterocycles. The zero-order valence-corrected chi connectivity index (χ0v) is 12.2. The lowest BCUT2D eigenvalue weighted by molar-refractivity contribution is -0.122. The van der Waals surface area contributed by atoms with Gasteiger partial charge in [0.2, 0.25) is 5.91 Å². The SMILES string of the molecule is CCC(C)(C)NC(=O)Cc1csc(-c2ccco2)n1. The molecule has 0 radical (unpaired) electrons. The molecule has 0 aliphatic carbocycles. The molecule has 1 N–H and O–H groups in total. The first kappa shape index (κ1) is 13.8. The van der Waals surface area contributed by atoms with Crippen LogP contribution in [0.1, 0.15) is 32.9 Å². The number of nitrogens with one attached hydrogen (secondary N) is 1. The van der Waals surface area contributed by atoms with Crippen molar-refractivity contribution < 1.29 is 9.21 Å². The highest BCUT2D eigenvalue weighted by Crippen LogP contribution is 2.24. The van der Waals surface area contributed by atoms with E-state index in [1.807, 2.05) is 31.4 Å². The Hall–Kier alpha value is -1.62. The summed E-state index contributed by atoms with van der Waals surface area (Å²) in [6.07, 6.45) is 2.82. The molecule has 0 atom stereocenters. The average molecular weight is 278 g/mol. The van der Waals surface area contributed by atoms with Crippen LogP contribution in [0.2, 0.25) is 0 Å². The summed E-state index contributed by atoms with van der Waals surface area (Å²) in [5.41, 5.74) is 0.609. The summed E-state index contributed by atoms with van der Waals surface area (Å²) in [7, 11) is 0. The quantitative estimate of drug-likeness (QED) is 0.913. The molecule has 0 aliphatic heterocycles. The number of nitrogens with zero attached hydrogens (tertiary/aromatic N) is 1. The summed E-state index contributed by atoms with van der Waals surface area (Å²) < 4.78 is 5.28. The number of rotatable bonds is 5. The van der Waals surface area contributed by atoms with Crippen molar-refractivity contribution >= 4 is 17.2 Å². The Labute approximate surface area is 116 Å². The van der Waals surface area contributed by atoms with Crippen LogP contribution >= 0.6 is 11.3 Å². The van der Waals surface area contributed by atoms with E-state index in [-0.39, 0.29) is 11.4 Å². The smallest absolute Gasteiger partial charge is 0.226 e. The fourth-order valence-corrected chi connectivity index (χ4v) is 2.36. The molecule has 0 aliphatic rings. The summed E-state index contributed by atoms with van der Waals surface area (Å²) in [6, 6.07) is 3.69. The third-order valence-corrected chi connectivity index (χ3v) is 3.89. The molecule has 0 aromatic carbocycles. The van der Waals surface area contributed by atoms with E-state index in [4.69, 9.17) is 4.42 Å². The van der Waals surface area contributed by atoms with Crippen LogP contribution < -0.4 is 5.32 Å². The summed E-state index contributed by atoms with van der Waals surface area (Å²) in [4.78, 5) is 16.3. The van der Waals surface area contributed by atoms with Crippen molar-refractivity contribution in [3.63, 3.8) is 0 Å². The van der Waals surface area contributed by atoms with Crippen LogP contribution in [0.15, 0.2) is 28.2 Å². The van der Waals surface area contributed by atoms with Crippen LogP contribution in [-0.2, 0) is 11.2 Å². The molecule has 0 bridgehead atoms. The number of furan rings is 1. The van der Waals surface area contributed by atoms with Gasteiger partial charge in [0.05, 0.1) is 18.4 Å². The van der Waals surface area contributed by atoms with Gasteiger partial charge in [-0.1, -0.05) is 6.92 Å². The van der Waals surface area contributed by atoms with E-state index in [1.54, 1.807) is 6.26 Å². The Bertz CT molecular complexity index is 544. The molecule has 2 aromatic rings. The molecule has 0 saturated carbocycles. The van der Waals surface area contributed by atoms with Crippen molar-refractivity contribution in [3.05, 3.63) is 29.5 Å². The Morgan fingerprint density at radius 3 is 2.95 bits per heavy atom. The van der Waals surface area contributed by atoms with E-state index in [1.165, 1.54) is 11.3 Å². The monoisotopic (exact) mass is 278 g/mol. The molecule has 102 valence electrons. The number of carbonyl (C=O) groups excluding carboxylic acids is 1. The molecule has 0 spiro atoms. The molecule has 5 heteroatoms. The highest BCUT2D eigenvalue weighted by Gasteiger charge is 2.18. The van der Waals surface area contributed by atoms with Crippen molar-refractivity contribution in [2.75, 3.05) is 0 Å². The molecular formula is C14H18N2O2S. The maximum absolute atomic E-state index is 11.9. The van der Waals surface area contributed by atoms with Crippen molar-refractivity contribution in [3.8, 4) is 10.8 Å². The fourth-order valence-electron chi connectivity index (χ4n) is 1.58. The van der Waals surface area contributed by atoms with Gasteiger partial charge in [-0.05, 0) is 32.4 Å². The fraction of sp³-hybridized carbons (Fsp3) is 0.429. The largest absolute Gasteiger partial charge is 0.462 e. The number of hydrogen-bond donors (Lipinski definition) is 1. The van der Waals surface area contributed by atoms with Gasteiger partial charge in [0, 0.05) is 10.9 Å². The molecule has 4 nitrogen and oxygen atoms in total. The Morgan fingerprint density at radius 2 is 2.32 bits per heavy atom.